The van der Waals surface area contributed by atoms with Crippen LogP contribution in [0.3, 0.4) is 0 Å². The molecular weight excluding hydrogens is 734 g/mol. The molecule has 3 rings (SSSR count). The number of rotatable bonds is 23. The SMILES string of the molecule is NC(=O)CC[C@H](NC(=O)[C@@H](N)CCC(=O)O)C(=O)NCC(=O)N[C@@H](Cc1ccc(O)cc1)C(=O)N[C@@H](Cc1ccccc1)C(=O)N[C@@H](Cc1cnc[nH]1)C(=O)O. The van der Waals surface area contributed by atoms with Gasteiger partial charge in [0.1, 0.15) is 29.9 Å². The zero-order valence-corrected chi connectivity index (χ0v) is 30.1. The van der Waals surface area contributed by atoms with Crippen molar-refractivity contribution in [1.29, 1.82) is 0 Å². The van der Waals surface area contributed by atoms with Gasteiger partial charge in [0.25, 0.3) is 0 Å². The molecule has 0 unspecified atom stereocenters. The summed E-state index contributed by atoms with van der Waals surface area (Å²) in [6.07, 6.45) is 1.13. The Morgan fingerprint density at radius 2 is 1.27 bits per heavy atom. The van der Waals surface area contributed by atoms with Gasteiger partial charge in [-0.05, 0) is 36.1 Å². The van der Waals surface area contributed by atoms with Gasteiger partial charge in [-0.25, -0.2) is 9.78 Å². The summed E-state index contributed by atoms with van der Waals surface area (Å²) in [7, 11) is 0. The number of phenols is 1. The molecule has 5 atom stereocenters. The van der Waals surface area contributed by atoms with E-state index in [0.29, 0.717) is 16.8 Å². The fourth-order valence-electron chi connectivity index (χ4n) is 5.28. The third-order valence-corrected chi connectivity index (χ3v) is 8.28. The molecule has 1 heterocycles. The first-order valence-corrected chi connectivity index (χ1v) is 17.4. The summed E-state index contributed by atoms with van der Waals surface area (Å²) in [5.74, 6) is -7.74. The Kier molecular flexibility index (Phi) is 16.9. The number of carbonyl (C=O) groups excluding carboxylic acids is 6. The van der Waals surface area contributed by atoms with E-state index in [0.717, 1.165) is 0 Å². The van der Waals surface area contributed by atoms with E-state index in [4.69, 9.17) is 16.6 Å². The van der Waals surface area contributed by atoms with Crippen LogP contribution in [0.4, 0.5) is 0 Å². The molecule has 0 aliphatic rings. The number of primary amides is 1. The number of aromatic nitrogens is 2. The average Bonchev–Trinajstić information content (AvgIpc) is 3.68. The predicted octanol–water partition coefficient (Wildman–Crippen LogP) is -2.26. The summed E-state index contributed by atoms with van der Waals surface area (Å²) in [6.45, 7) is -0.728. The Morgan fingerprint density at radius 1 is 0.679 bits per heavy atom. The van der Waals surface area contributed by atoms with Crippen LogP contribution in [0.5, 0.6) is 5.75 Å². The van der Waals surface area contributed by atoms with Crippen molar-refractivity contribution in [2.45, 2.75) is 75.2 Å². The summed E-state index contributed by atoms with van der Waals surface area (Å²) < 4.78 is 0. The number of nitrogens with two attached hydrogens (primary N) is 2. The number of hydrogen-bond donors (Lipinski definition) is 11. The van der Waals surface area contributed by atoms with Gasteiger partial charge >= 0.3 is 11.9 Å². The standard InChI is InChI=1S/C36H45N9O11/c37-24(10-13-31(49)50)32(51)43-25(11-12-29(38)47)33(52)40-18-30(48)42-26(15-21-6-8-23(46)9-7-21)34(53)44-27(14-20-4-2-1-3-5-20)35(54)45-28(36(55)56)16-22-17-39-19-41-22/h1-9,17,19,24-28,46H,10-16,18,37H2,(H2,38,47)(H,39,41)(H,40,52)(H,42,48)(H,43,51)(H,44,53)(H,45,54)(H,49,50)(H,55,56)/t24-,25-,26-,27-,28-/m0/s1. The average molecular weight is 780 g/mol. The lowest BCUT2D eigenvalue weighted by Gasteiger charge is -2.25. The molecule has 1 aromatic heterocycles. The van der Waals surface area contributed by atoms with Crippen molar-refractivity contribution in [3.05, 3.63) is 83.9 Å². The van der Waals surface area contributed by atoms with Crippen molar-refractivity contribution in [2.75, 3.05) is 6.54 Å². The third kappa shape index (κ3) is 15.3. The van der Waals surface area contributed by atoms with Crippen LogP contribution in [0.2, 0.25) is 0 Å². The topological polar surface area (TPSA) is 338 Å². The van der Waals surface area contributed by atoms with E-state index in [1.807, 2.05) is 0 Å². The number of nitrogens with one attached hydrogen (secondary N) is 6. The quantitative estimate of drug-likeness (QED) is 0.0485. The van der Waals surface area contributed by atoms with Gasteiger partial charge in [0, 0.05) is 44.0 Å². The molecule has 0 aliphatic carbocycles. The molecule has 2 aromatic carbocycles. The molecule has 3 aromatic rings. The smallest absolute Gasteiger partial charge is 0.326 e. The van der Waals surface area contributed by atoms with Crippen molar-refractivity contribution >= 4 is 47.4 Å². The highest BCUT2D eigenvalue weighted by atomic mass is 16.4. The summed E-state index contributed by atoms with van der Waals surface area (Å²) in [5, 5.41) is 40.7. The van der Waals surface area contributed by atoms with Crippen LogP contribution >= 0.6 is 0 Å². The molecule has 0 aliphatic heterocycles. The molecule has 300 valence electrons. The Labute approximate surface area is 320 Å². The monoisotopic (exact) mass is 779 g/mol. The number of phenolic OH excluding ortho intramolecular Hbond substituents is 1. The number of aliphatic carboxylic acids is 2. The number of carboxylic acid groups (broad SMARTS) is 2. The van der Waals surface area contributed by atoms with Gasteiger partial charge < -0.3 is 58.4 Å². The summed E-state index contributed by atoms with van der Waals surface area (Å²) in [5.41, 5.74) is 12.5. The molecule has 56 heavy (non-hydrogen) atoms. The molecule has 20 nitrogen and oxygen atoms in total. The molecule has 0 saturated heterocycles. The first-order valence-electron chi connectivity index (χ1n) is 17.4. The second-order valence-electron chi connectivity index (χ2n) is 12.7. The molecule has 0 spiro atoms. The van der Waals surface area contributed by atoms with Crippen LogP contribution in [-0.2, 0) is 57.6 Å². The maximum absolute atomic E-state index is 13.9. The second kappa shape index (κ2) is 21.8. The molecule has 13 N–H and O–H groups in total. The van der Waals surface area contributed by atoms with Crippen molar-refractivity contribution in [3.8, 4) is 5.75 Å². The van der Waals surface area contributed by atoms with Gasteiger partial charge in [-0.1, -0.05) is 42.5 Å². The highest BCUT2D eigenvalue weighted by Crippen LogP contribution is 2.13. The molecule has 0 radical (unpaired) electrons. The van der Waals surface area contributed by atoms with Gasteiger partial charge in [-0.15, -0.1) is 0 Å². The Bertz CT molecular complexity index is 1820. The van der Waals surface area contributed by atoms with E-state index in [1.54, 1.807) is 30.3 Å². The molecule has 20 heteroatoms. The van der Waals surface area contributed by atoms with Gasteiger partial charge in [-0.2, -0.15) is 0 Å². The van der Waals surface area contributed by atoms with E-state index in [-0.39, 0.29) is 44.3 Å². The zero-order valence-electron chi connectivity index (χ0n) is 30.1. The lowest BCUT2D eigenvalue weighted by molar-refractivity contribution is -0.142. The first-order chi connectivity index (χ1) is 26.6. The number of amides is 6. The normalized spacial score (nSPS) is 13.4. The molecule has 0 fully saturated rings. The number of aromatic amines is 1. The lowest BCUT2D eigenvalue weighted by atomic mass is 10.0. The third-order valence-electron chi connectivity index (χ3n) is 8.28. The Hall–Kier alpha value is -6.83. The minimum Gasteiger partial charge on any atom is -0.508 e. The number of carbonyl (C=O) groups is 8. The number of hydrogen-bond acceptors (Lipinski definition) is 11. The predicted molar refractivity (Wildman–Crippen MR) is 196 cm³/mol. The van der Waals surface area contributed by atoms with Crippen molar-refractivity contribution in [1.82, 2.24) is 36.6 Å². The van der Waals surface area contributed by atoms with E-state index in [1.165, 1.54) is 36.8 Å². The Balaban J connectivity index is 1.78. The van der Waals surface area contributed by atoms with Crippen molar-refractivity contribution < 1.29 is 53.7 Å². The maximum Gasteiger partial charge on any atom is 0.326 e. The number of nitrogens with zero attached hydrogens (tertiary/aromatic N) is 1. The molecule has 0 saturated carbocycles. The largest absolute Gasteiger partial charge is 0.508 e. The zero-order chi connectivity index (χ0) is 41.2. The minimum absolute atomic E-state index is 0.0648. The van der Waals surface area contributed by atoms with Gasteiger partial charge in [0.15, 0.2) is 0 Å². The van der Waals surface area contributed by atoms with E-state index in [2.05, 4.69) is 36.6 Å². The molecule has 6 amide bonds. The summed E-state index contributed by atoms with van der Waals surface area (Å²) in [4.78, 5) is 107. The first kappa shape index (κ1) is 43.6. The number of H-pyrrole nitrogens is 1. The maximum atomic E-state index is 13.9. The van der Waals surface area contributed by atoms with E-state index >= 15 is 0 Å². The Morgan fingerprint density at radius 3 is 1.84 bits per heavy atom. The molecule has 0 bridgehead atoms. The number of aromatic hydroxyl groups is 1. The fraction of sp³-hybridized carbons (Fsp3) is 0.361. The second-order valence-corrected chi connectivity index (χ2v) is 12.7. The van der Waals surface area contributed by atoms with Crippen LogP contribution in [0, 0.1) is 0 Å². The van der Waals surface area contributed by atoms with Crippen LogP contribution in [-0.4, -0.2) is 109 Å². The van der Waals surface area contributed by atoms with Crippen LogP contribution < -0.4 is 38.1 Å². The van der Waals surface area contributed by atoms with Gasteiger partial charge in [-0.3, -0.25) is 33.6 Å². The highest BCUT2D eigenvalue weighted by molar-refractivity contribution is 5.95. The fourth-order valence-corrected chi connectivity index (χ4v) is 5.28. The number of imidazole rings is 1. The number of carboxylic acids is 2. The summed E-state index contributed by atoms with van der Waals surface area (Å²) in [6, 6.07) is 7.49. The highest BCUT2D eigenvalue weighted by Gasteiger charge is 2.31. The number of benzene rings is 2. The van der Waals surface area contributed by atoms with Gasteiger partial charge in [0.05, 0.1) is 18.9 Å². The van der Waals surface area contributed by atoms with Crippen LogP contribution in [0.15, 0.2) is 67.1 Å². The van der Waals surface area contributed by atoms with Crippen LogP contribution in [0.25, 0.3) is 0 Å². The van der Waals surface area contributed by atoms with Crippen molar-refractivity contribution in [3.63, 3.8) is 0 Å². The minimum atomic E-state index is -1.40. The van der Waals surface area contributed by atoms with Crippen molar-refractivity contribution in [2.24, 2.45) is 11.5 Å². The van der Waals surface area contributed by atoms with E-state index in [9.17, 15) is 48.6 Å². The van der Waals surface area contributed by atoms with Crippen LogP contribution in [0.1, 0.15) is 42.5 Å². The van der Waals surface area contributed by atoms with Gasteiger partial charge in [0.2, 0.25) is 35.4 Å². The van der Waals surface area contributed by atoms with E-state index < -0.39 is 90.6 Å². The summed E-state index contributed by atoms with van der Waals surface area (Å²) >= 11 is 0. The lowest BCUT2D eigenvalue weighted by Crippen LogP contribution is -2.58. The molecular formula is C36H45N9O11.